The highest BCUT2D eigenvalue weighted by atomic mass is 15.1. The van der Waals surface area contributed by atoms with Gasteiger partial charge in [-0.15, -0.1) is 0 Å². The van der Waals surface area contributed by atoms with Gasteiger partial charge < -0.3 is 9.30 Å². The quantitative estimate of drug-likeness (QED) is 0.682. The Morgan fingerprint density at radius 2 is 1.89 bits per heavy atom. The fourth-order valence-corrected chi connectivity index (χ4v) is 2.19. The summed E-state index contributed by atoms with van der Waals surface area (Å²) in [6.07, 6.45) is 5.90. The van der Waals surface area contributed by atoms with Crippen LogP contribution in [0.2, 0.25) is 0 Å². The standard InChI is InChI=1S/C15H15N3/c1-17(2)14-6-4-3-5-13(14)12-7-8-15-16-9-10-18(15)11-12/h3-11H,1-2H3. The first-order chi connectivity index (χ1) is 8.75. The summed E-state index contributed by atoms with van der Waals surface area (Å²) in [5.74, 6) is 0. The zero-order chi connectivity index (χ0) is 12.5. The molecular weight excluding hydrogens is 222 g/mol. The van der Waals surface area contributed by atoms with Crippen LogP contribution in [0.4, 0.5) is 5.69 Å². The molecule has 1 aromatic carbocycles. The van der Waals surface area contributed by atoms with E-state index >= 15 is 0 Å². The predicted molar refractivity (Wildman–Crippen MR) is 75.0 cm³/mol. The molecule has 0 bridgehead atoms. The van der Waals surface area contributed by atoms with Crippen LogP contribution in [0.5, 0.6) is 0 Å². The van der Waals surface area contributed by atoms with E-state index in [-0.39, 0.29) is 0 Å². The number of hydrogen-bond donors (Lipinski definition) is 0. The Morgan fingerprint density at radius 3 is 2.72 bits per heavy atom. The lowest BCUT2D eigenvalue weighted by Gasteiger charge is -2.17. The first-order valence-corrected chi connectivity index (χ1v) is 5.95. The molecule has 18 heavy (non-hydrogen) atoms. The lowest BCUT2D eigenvalue weighted by atomic mass is 10.1. The van der Waals surface area contributed by atoms with Gasteiger partial charge in [-0.25, -0.2) is 4.98 Å². The van der Waals surface area contributed by atoms with Gasteiger partial charge in [0.1, 0.15) is 5.65 Å². The van der Waals surface area contributed by atoms with Crippen molar-refractivity contribution in [3.8, 4) is 11.1 Å². The average molecular weight is 237 g/mol. The van der Waals surface area contributed by atoms with Crippen LogP contribution in [0.3, 0.4) is 0 Å². The average Bonchev–Trinajstić information content (AvgIpc) is 2.85. The molecule has 0 atom stereocenters. The van der Waals surface area contributed by atoms with Gasteiger partial charge in [-0.2, -0.15) is 0 Å². The van der Waals surface area contributed by atoms with Gasteiger partial charge >= 0.3 is 0 Å². The van der Waals surface area contributed by atoms with Crippen LogP contribution >= 0.6 is 0 Å². The number of benzene rings is 1. The van der Waals surface area contributed by atoms with E-state index in [1.165, 1.54) is 16.8 Å². The second-order valence-electron chi connectivity index (χ2n) is 4.52. The molecule has 0 spiro atoms. The van der Waals surface area contributed by atoms with Crippen LogP contribution in [0.15, 0.2) is 55.0 Å². The Labute approximate surface area is 106 Å². The van der Waals surface area contributed by atoms with Crippen molar-refractivity contribution < 1.29 is 0 Å². The third-order valence-electron chi connectivity index (χ3n) is 3.09. The molecule has 0 unspecified atom stereocenters. The minimum Gasteiger partial charge on any atom is -0.377 e. The number of para-hydroxylation sites is 1. The van der Waals surface area contributed by atoms with Crippen molar-refractivity contribution >= 4 is 11.3 Å². The predicted octanol–water partition coefficient (Wildman–Crippen LogP) is 3.07. The highest BCUT2D eigenvalue weighted by molar-refractivity contribution is 5.78. The molecule has 2 heterocycles. The van der Waals surface area contributed by atoms with Crippen LogP contribution in [0, 0.1) is 0 Å². The zero-order valence-corrected chi connectivity index (χ0v) is 10.5. The van der Waals surface area contributed by atoms with Crippen molar-refractivity contribution in [2.45, 2.75) is 0 Å². The molecule has 3 aromatic rings. The molecule has 0 amide bonds. The van der Waals surface area contributed by atoms with E-state index < -0.39 is 0 Å². The summed E-state index contributed by atoms with van der Waals surface area (Å²) in [6, 6.07) is 12.6. The lowest BCUT2D eigenvalue weighted by Crippen LogP contribution is -2.09. The summed E-state index contributed by atoms with van der Waals surface area (Å²) < 4.78 is 2.04. The van der Waals surface area contributed by atoms with Gasteiger partial charge in [-0.3, -0.25) is 0 Å². The number of fused-ring (bicyclic) bond motifs is 1. The molecule has 90 valence electrons. The monoisotopic (exact) mass is 237 g/mol. The van der Waals surface area contributed by atoms with Gasteiger partial charge in [-0.05, 0) is 18.2 Å². The maximum atomic E-state index is 4.26. The summed E-state index contributed by atoms with van der Waals surface area (Å²) in [5, 5.41) is 0. The molecule has 0 saturated heterocycles. The SMILES string of the molecule is CN(C)c1ccccc1-c1ccc2nccn2c1. The van der Waals surface area contributed by atoms with Gasteiger partial charge in [-0.1, -0.05) is 18.2 Å². The van der Waals surface area contributed by atoms with Crippen LogP contribution in [-0.4, -0.2) is 23.5 Å². The van der Waals surface area contributed by atoms with E-state index in [1.54, 1.807) is 0 Å². The number of imidazole rings is 1. The molecule has 0 N–H and O–H groups in total. The van der Waals surface area contributed by atoms with Gasteiger partial charge in [0.25, 0.3) is 0 Å². The number of pyridine rings is 1. The van der Waals surface area contributed by atoms with Crippen molar-refractivity contribution in [3.05, 3.63) is 55.0 Å². The molecule has 0 saturated carbocycles. The first-order valence-electron chi connectivity index (χ1n) is 5.95. The minimum atomic E-state index is 0.973. The van der Waals surface area contributed by atoms with Crippen LogP contribution in [0.25, 0.3) is 16.8 Å². The molecular formula is C15H15N3. The molecule has 0 aliphatic carbocycles. The Bertz CT molecular complexity index is 683. The van der Waals surface area contributed by atoms with Crippen molar-refractivity contribution in [1.82, 2.24) is 9.38 Å². The normalized spacial score (nSPS) is 10.8. The van der Waals surface area contributed by atoms with E-state index in [4.69, 9.17) is 0 Å². The van der Waals surface area contributed by atoms with E-state index in [2.05, 4.69) is 60.5 Å². The third kappa shape index (κ3) is 1.74. The zero-order valence-electron chi connectivity index (χ0n) is 10.5. The Morgan fingerprint density at radius 1 is 1.06 bits per heavy atom. The lowest BCUT2D eigenvalue weighted by molar-refractivity contribution is 1.13. The molecule has 3 nitrogen and oxygen atoms in total. The first kappa shape index (κ1) is 10.8. The van der Waals surface area contributed by atoms with Crippen molar-refractivity contribution in [3.63, 3.8) is 0 Å². The summed E-state index contributed by atoms with van der Waals surface area (Å²) in [5.41, 5.74) is 4.63. The second kappa shape index (κ2) is 4.18. The molecule has 0 radical (unpaired) electrons. The molecule has 0 aliphatic heterocycles. The van der Waals surface area contributed by atoms with Gasteiger partial charge in [0, 0.05) is 49.5 Å². The van der Waals surface area contributed by atoms with E-state index in [9.17, 15) is 0 Å². The molecule has 0 fully saturated rings. The summed E-state index contributed by atoms with van der Waals surface area (Å²) in [6.45, 7) is 0. The topological polar surface area (TPSA) is 20.5 Å². The Kier molecular flexibility index (Phi) is 2.52. The molecule has 2 aromatic heterocycles. The maximum absolute atomic E-state index is 4.26. The minimum absolute atomic E-state index is 0.973. The Hall–Kier alpha value is -2.29. The van der Waals surface area contributed by atoms with Gasteiger partial charge in [0.2, 0.25) is 0 Å². The van der Waals surface area contributed by atoms with Crippen molar-refractivity contribution in [2.24, 2.45) is 0 Å². The molecule has 3 rings (SSSR count). The third-order valence-corrected chi connectivity index (χ3v) is 3.09. The van der Waals surface area contributed by atoms with Crippen LogP contribution < -0.4 is 4.90 Å². The van der Waals surface area contributed by atoms with Crippen molar-refractivity contribution in [2.75, 3.05) is 19.0 Å². The summed E-state index contributed by atoms with van der Waals surface area (Å²) in [7, 11) is 4.13. The maximum Gasteiger partial charge on any atom is 0.136 e. The molecule has 0 aliphatic rings. The fourth-order valence-electron chi connectivity index (χ4n) is 2.19. The summed E-state index contributed by atoms with van der Waals surface area (Å²) in [4.78, 5) is 6.40. The highest BCUT2D eigenvalue weighted by Gasteiger charge is 2.06. The van der Waals surface area contributed by atoms with E-state index in [0.717, 1.165) is 5.65 Å². The number of anilines is 1. The number of hydrogen-bond acceptors (Lipinski definition) is 2. The second-order valence-corrected chi connectivity index (χ2v) is 4.52. The summed E-state index contributed by atoms with van der Waals surface area (Å²) >= 11 is 0. The molecule has 3 heteroatoms. The number of aromatic nitrogens is 2. The van der Waals surface area contributed by atoms with Crippen LogP contribution in [-0.2, 0) is 0 Å². The highest BCUT2D eigenvalue weighted by Crippen LogP contribution is 2.29. The van der Waals surface area contributed by atoms with E-state index in [0.29, 0.717) is 0 Å². The number of rotatable bonds is 2. The fraction of sp³-hybridized carbons (Fsp3) is 0.133. The smallest absolute Gasteiger partial charge is 0.136 e. The van der Waals surface area contributed by atoms with Gasteiger partial charge in [0.15, 0.2) is 0 Å². The van der Waals surface area contributed by atoms with Gasteiger partial charge in [0.05, 0.1) is 0 Å². The van der Waals surface area contributed by atoms with E-state index in [1.807, 2.05) is 22.9 Å². The van der Waals surface area contributed by atoms with Crippen LogP contribution in [0.1, 0.15) is 0 Å². The largest absolute Gasteiger partial charge is 0.377 e. The Balaban J connectivity index is 2.19. The number of nitrogens with zero attached hydrogens (tertiary/aromatic N) is 3. The van der Waals surface area contributed by atoms with Crippen molar-refractivity contribution in [1.29, 1.82) is 0 Å².